The van der Waals surface area contributed by atoms with Crippen LogP contribution in [0.5, 0.6) is 0 Å². The first-order valence-electron chi connectivity index (χ1n) is 12.7. The summed E-state index contributed by atoms with van der Waals surface area (Å²) in [5.41, 5.74) is 4.08. The quantitative estimate of drug-likeness (QED) is 0.284. The van der Waals surface area contributed by atoms with Crippen LogP contribution in [-0.4, -0.2) is 27.8 Å². The molecule has 1 fully saturated rings. The fraction of sp³-hybridized carbons (Fsp3) is 0.429. The maximum Gasteiger partial charge on any atom is 0.262 e. The molecule has 2 atom stereocenters. The molecule has 196 valence electrons. The largest absolute Gasteiger partial charge is 0.376 e. The number of carbonyl (C=O) groups is 2. The van der Waals surface area contributed by atoms with E-state index < -0.39 is 6.04 Å². The molecule has 0 radical (unpaired) electrons. The molecule has 0 spiro atoms. The number of thiophene rings is 1. The molecule has 1 aliphatic carbocycles. The number of rotatable bonds is 9. The second-order valence-electron chi connectivity index (χ2n) is 9.89. The molecule has 1 aliphatic rings. The Hall–Kier alpha value is -2.97. The first-order chi connectivity index (χ1) is 17.7. The van der Waals surface area contributed by atoms with Crippen molar-refractivity contribution in [3.8, 4) is 0 Å². The SMILES string of the molecule is Cc1cc(NC(=O)C(CC2CCCC2)NC(=O)c2ccc(C(C)Nc3cc(Cl)cnc3C)s2)cc(C)n1. The summed E-state index contributed by atoms with van der Waals surface area (Å²) < 4.78 is 0. The van der Waals surface area contributed by atoms with Crippen molar-refractivity contribution in [2.24, 2.45) is 5.92 Å². The maximum absolute atomic E-state index is 13.3. The summed E-state index contributed by atoms with van der Waals surface area (Å²) in [5, 5.41) is 10.0. The lowest BCUT2D eigenvalue weighted by Crippen LogP contribution is -2.44. The van der Waals surface area contributed by atoms with Crippen molar-refractivity contribution in [3.05, 3.63) is 68.4 Å². The van der Waals surface area contributed by atoms with Gasteiger partial charge in [-0.25, -0.2) is 0 Å². The number of halogens is 1. The fourth-order valence-corrected chi connectivity index (χ4v) is 5.91. The van der Waals surface area contributed by atoms with Crippen LogP contribution in [0, 0.1) is 26.7 Å². The van der Waals surface area contributed by atoms with Gasteiger partial charge in [0.25, 0.3) is 5.91 Å². The molecule has 3 aromatic rings. The van der Waals surface area contributed by atoms with Crippen molar-refractivity contribution in [2.75, 3.05) is 10.6 Å². The van der Waals surface area contributed by atoms with Gasteiger partial charge in [-0.05, 0) is 70.4 Å². The number of aryl methyl sites for hydroxylation is 3. The van der Waals surface area contributed by atoms with Crippen LogP contribution < -0.4 is 16.0 Å². The Morgan fingerprint density at radius 3 is 2.51 bits per heavy atom. The normalized spacial score (nSPS) is 15.3. The van der Waals surface area contributed by atoms with Gasteiger partial charge in [-0.15, -0.1) is 11.3 Å². The molecule has 2 unspecified atom stereocenters. The van der Waals surface area contributed by atoms with Gasteiger partial charge in [0, 0.05) is 28.1 Å². The highest BCUT2D eigenvalue weighted by Gasteiger charge is 2.28. The van der Waals surface area contributed by atoms with Crippen molar-refractivity contribution < 1.29 is 9.59 Å². The number of hydrogen-bond donors (Lipinski definition) is 3. The molecule has 0 bridgehead atoms. The van der Waals surface area contributed by atoms with E-state index in [0.717, 1.165) is 40.5 Å². The summed E-state index contributed by atoms with van der Waals surface area (Å²) in [5.74, 6) is 0.0138. The Morgan fingerprint density at radius 2 is 1.81 bits per heavy atom. The van der Waals surface area contributed by atoms with E-state index in [0.29, 0.717) is 27.9 Å². The maximum atomic E-state index is 13.3. The minimum atomic E-state index is -0.606. The van der Waals surface area contributed by atoms with Gasteiger partial charge in [0.15, 0.2) is 0 Å². The molecule has 1 saturated carbocycles. The lowest BCUT2D eigenvalue weighted by molar-refractivity contribution is -0.118. The predicted octanol–water partition coefficient (Wildman–Crippen LogP) is 6.61. The molecular weight excluding hydrogens is 506 g/mol. The van der Waals surface area contributed by atoms with Crippen LogP contribution in [0.3, 0.4) is 0 Å². The number of carbonyl (C=O) groups excluding carboxylic acids is 2. The highest BCUT2D eigenvalue weighted by molar-refractivity contribution is 7.14. The van der Waals surface area contributed by atoms with Crippen LogP contribution >= 0.6 is 22.9 Å². The first-order valence-corrected chi connectivity index (χ1v) is 13.9. The van der Waals surface area contributed by atoms with E-state index >= 15 is 0 Å². The van der Waals surface area contributed by atoms with Crippen LogP contribution in [0.25, 0.3) is 0 Å². The third kappa shape index (κ3) is 7.29. The molecule has 0 aliphatic heterocycles. The summed E-state index contributed by atoms with van der Waals surface area (Å²) in [6.07, 6.45) is 6.80. The van der Waals surface area contributed by atoms with Crippen molar-refractivity contribution >= 4 is 46.1 Å². The van der Waals surface area contributed by atoms with Gasteiger partial charge < -0.3 is 16.0 Å². The van der Waals surface area contributed by atoms with Gasteiger partial charge in [-0.2, -0.15) is 0 Å². The Kier molecular flexibility index (Phi) is 8.82. The highest BCUT2D eigenvalue weighted by atomic mass is 35.5. The Balaban J connectivity index is 1.45. The molecule has 37 heavy (non-hydrogen) atoms. The molecule has 9 heteroatoms. The smallest absolute Gasteiger partial charge is 0.262 e. The molecule has 2 amide bonds. The number of pyridine rings is 2. The molecule has 3 N–H and O–H groups in total. The van der Waals surface area contributed by atoms with E-state index in [1.54, 1.807) is 6.20 Å². The van der Waals surface area contributed by atoms with Crippen molar-refractivity contribution in [2.45, 2.75) is 71.9 Å². The zero-order valence-corrected chi connectivity index (χ0v) is 23.3. The first kappa shape index (κ1) is 27.1. The number of hydrogen-bond acceptors (Lipinski definition) is 6. The van der Waals surface area contributed by atoms with E-state index in [1.807, 2.05) is 58.0 Å². The fourth-order valence-electron chi connectivity index (χ4n) is 4.84. The number of anilines is 2. The number of aromatic nitrogens is 2. The van der Waals surface area contributed by atoms with E-state index in [4.69, 9.17) is 11.6 Å². The molecule has 7 nitrogen and oxygen atoms in total. The third-order valence-electron chi connectivity index (χ3n) is 6.72. The lowest BCUT2D eigenvalue weighted by Gasteiger charge is -2.21. The minimum Gasteiger partial charge on any atom is -0.376 e. The second kappa shape index (κ2) is 12.0. The van der Waals surface area contributed by atoms with Crippen molar-refractivity contribution in [1.82, 2.24) is 15.3 Å². The summed E-state index contributed by atoms with van der Waals surface area (Å²) in [7, 11) is 0. The Morgan fingerprint density at radius 1 is 1.11 bits per heavy atom. The van der Waals surface area contributed by atoms with Crippen LogP contribution in [-0.2, 0) is 4.79 Å². The van der Waals surface area contributed by atoms with Gasteiger partial charge in [0.1, 0.15) is 6.04 Å². The lowest BCUT2D eigenvalue weighted by atomic mass is 9.97. The van der Waals surface area contributed by atoms with Crippen LogP contribution in [0.4, 0.5) is 11.4 Å². The van der Waals surface area contributed by atoms with Crippen LogP contribution in [0.15, 0.2) is 36.5 Å². The topological polar surface area (TPSA) is 96.0 Å². The van der Waals surface area contributed by atoms with E-state index in [9.17, 15) is 9.59 Å². The van der Waals surface area contributed by atoms with Gasteiger partial charge in [-0.1, -0.05) is 37.3 Å². The zero-order chi connectivity index (χ0) is 26.5. The van der Waals surface area contributed by atoms with Gasteiger partial charge >= 0.3 is 0 Å². The molecule has 0 aromatic carbocycles. The monoisotopic (exact) mass is 539 g/mol. The van der Waals surface area contributed by atoms with E-state index in [2.05, 4.69) is 25.9 Å². The van der Waals surface area contributed by atoms with Gasteiger partial charge in [0.2, 0.25) is 5.91 Å². The predicted molar refractivity (Wildman–Crippen MR) is 151 cm³/mol. The van der Waals surface area contributed by atoms with Crippen LogP contribution in [0.2, 0.25) is 5.02 Å². The standard InChI is InChI=1S/C28H34ClN5O2S/c1-16-11-22(12-17(2)31-16)33-27(35)24(13-20-7-5-6-8-20)34-28(36)26-10-9-25(37-26)19(4)32-23-14-21(29)15-30-18(23)3/h9-12,14-15,19-20,24,32H,5-8,13H2,1-4H3,(H,34,36)(H,31,33,35). The minimum absolute atomic E-state index is 0.0405. The molecule has 3 aromatic heterocycles. The van der Waals surface area contributed by atoms with Crippen molar-refractivity contribution in [1.29, 1.82) is 0 Å². The summed E-state index contributed by atoms with van der Waals surface area (Å²) in [6.45, 7) is 7.75. The summed E-state index contributed by atoms with van der Waals surface area (Å²) >= 11 is 7.52. The Labute approximate surface area is 227 Å². The van der Waals surface area contributed by atoms with Crippen LogP contribution in [0.1, 0.15) is 76.7 Å². The van der Waals surface area contributed by atoms with E-state index in [-0.39, 0.29) is 17.9 Å². The number of amides is 2. The third-order valence-corrected chi connectivity index (χ3v) is 8.19. The summed E-state index contributed by atoms with van der Waals surface area (Å²) in [4.78, 5) is 36.8. The average molecular weight is 540 g/mol. The van der Waals surface area contributed by atoms with Gasteiger partial charge in [0.05, 0.1) is 27.3 Å². The second-order valence-corrected chi connectivity index (χ2v) is 11.4. The Bertz CT molecular complexity index is 1250. The number of nitrogens with one attached hydrogen (secondary N) is 3. The highest BCUT2D eigenvalue weighted by Crippen LogP contribution is 2.30. The number of nitrogens with zero attached hydrogens (tertiary/aromatic N) is 2. The van der Waals surface area contributed by atoms with Crippen molar-refractivity contribution in [3.63, 3.8) is 0 Å². The van der Waals surface area contributed by atoms with E-state index in [1.165, 1.54) is 24.2 Å². The molecule has 0 saturated heterocycles. The average Bonchev–Trinajstić information content (AvgIpc) is 3.53. The molecule has 3 heterocycles. The molecule has 4 rings (SSSR count). The van der Waals surface area contributed by atoms with Gasteiger partial charge in [-0.3, -0.25) is 19.6 Å². The molecular formula is C28H34ClN5O2S. The summed E-state index contributed by atoms with van der Waals surface area (Å²) in [6, 6.07) is 8.65. The zero-order valence-electron chi connectivity index (χ0n) is 21.7.